The van der Waals surface area contributed by atoms with E-state index < -0.39 is 11.1 Å². The number of ether oxygens (including phenoxy) is 1. The molecule has 6 nitrogen and oxygen atoms in total. The van der Waals surface area contributed by atoms with Gasteiger partial charge in [-0.3, -0.25) is 19.3 Å². The van der Waals surface area contributed by atoms with E-state index in [0.29, 0.717) is 23.6 Å². The van der Waals surface area contributed by atoms with Gasteiger partial charge in [0.05, 0.1) is 18.0 Å². The summed E-state index contributed by atoms with van der Waals surface area (Å²) >= 11 is 0.859. The topological polar surface area (TPSA) is 68.6 Å². The number of Topliss-reactive ketones (excluding diaryl/α,β-unsaturated/α-hetero) is 1. The summed E-state index contributed by atoms with van der Waals surface area (Å²) in [6.07, 6.45) is 3.69. The van der Waals surface area contributed by atoms with Crippen molar-refractivity contribution in [2.45, 2.75) is 6.54 Å². The Morgan fingerprint density at radius 3 is 2.34 bits per heavy atom. The van der Waals surface area contributed by atoms with Crippen molar-refractivity contribution in [1.29, 1.82) is 0 Å². The molecule has 0 radical (unpaired) electrons. The lowest BCUT2D eigenvalue weighted by Gasteiger charge is -2.11. The van der Waals surface area contributed by atoms with Gasteiger partial charge < -0.3 is 9.30 Å². The number of fused-ring (bicyclic) bond motifs is 1. The molecule has 1 saturated heterocycles. The average Bonchev–Trinajstić information content (AvgIpc) is 3.37. The molecule has 3 aromatic carbocycles. The maximum atomic E-state index is 13.0. The zero-order valence-corrected chi connectivity index (χ0v) is 19.6. The number of hydrogen-bond donors (Lipinski definition) is 0. The van der Waals surface area contributed by atoms with Gasteiger partial charge >= 0.3 is 0 Å². The van der Waals surface area contributed by atoms with Gasteiger partial charge in [-0.25, -0.2) is 0 Å². The largest absolute Gasteiger partial charge is 0.492 e. The summed E-state index contributed by atoms with van der Waals surface area (Å²) in [6.45, 7) is 0.834. The normalized spacial score (nSPS) is 14.7. The van der Waals surface area contributed by atoms with Crippen molar-refractivity contribution < 1.29 is 19.1 Å². The van der Waals surface area contributed by atoms with Gasteiger partial charge in [0.2, 0.25) is 0 Å². The van der Waals surface area contributed by atoms with Crippen LogP contribution in [0.3, 0.4) is 0 Å². The lowest BCUT2D eigenvalue weighted by molar-refractivity contribution is -0.122. The SMILES string of the molecule is O=C(CN1C(=O)S/C(=C\c2cn(CCOc3ccccc3)c3ccccc23)C1=O)c1ccccc1. The van der Waals surface area contributed by atoms with Gasteiger partial charge in [0.15, 0.2) is 5.78 Å². The minimum atomic E-state index is -0.450. The predicted octanol–water partition coefficient (Wildman–Crippen LogP) is 5.64. The first-order valence-corrected chi connectivity index (χ1v) is 12.0. The third-order valence-electron chi connectivity index (χ3n) is 5.72. The summed E-state index contributed by atoms with van der Waals surface area (Å²) in [4.78, 5) is 39.4. The van der Waals surface area contributed by atoms with Crippen LogP contribution in [0, 0.1) is 0 Å². The van der Waals surface area contributed by atoms with E-state index in [1.807, 2.05) is 66.9 Å². The molecular formula is C28H22N2O4S. The van der Waals surface area contributed by atoms with E-state index in [1.54, 1.807) is 30.3 Å². The molecule has 4 aromatic rings. The second kappa shape index (κ2) is 10.0. The highest BCUT2D eigenvalue weighted by Gasteiger charge is 2.36. The minimum Gasteiger partial charge on any atom is -0.492 e. The second-order valence-corrected chi connectivity index (χ2v) is 9.01. The van der Waals surface area contributed by atoms with Gasteiger partial charge in [-0.15, -0.1) is 0 Å². The van der Waals surface area contributed by atoms with E-state index in [9.17, 15) is 14.4 Å². The number of rotatable bonds is 8. The number of carbonyl (C=O) groups is 3. The lowest BCUT2D eigenvalue weighted by atomic mass is 10.1. The fraction of sp³-hybridized carbons (Fsp3) is 0.107. The Balaban J connectivity index is 1.35. The molecule has 0 bridgehead atoms. The number of imide groups is 1. The lowest BCUT2D eigenvalue weighted by Crippen LogP contribution is -2.33. The molecule has 0 spiro atoms. The molecule has 7 heteroatoms. The van der Waals surface area contributed by atoms with Crippen LogP contribution in [0.1, 0.15) is 15.9 Å². The van der Waals surface area contributed by atoms with Gasteiger partial charge in [-0.1, -0.05) is 66.7 Å². The number of amides is 2. The number of para-hydroxylation sites is 2. The number of ketones is 1. The second-order valence-electron chi connectivity index (χ2n) is 8.01. The third-order valence-corrected chi connectivity index (χ3v) is 6.63. The van der Waals surface area contributed by atoms with E-state index in [0.717, 1.165) is 38.9 Å². The fourth-order valence-electron chi connectivity index (χ4n) is 3.99. The minimum absolute atomic E-state index is 0.273. The van der Waals surface area contributed by atoms with Crippen LogP contribution >= 0.6 is 11.8 Å². The van der Waals surface area contributed by atoms with Crippen molar-refractivity contribution in [2.75, 3.05) is 13.2 Å². The molecule has 5 rings (SSSR count). The maximum Gasteiger partial charge on any atom is 0.293 e. The molecule has 1 aromatic heterocycles. The molecule has 0 unspecified atom stereocenters. The van der Waals surface area contributed by atoms with Crippen LogP contribution in [0.2, 0.25) is 0 Å². The van der Waals surface area contributed by atoms with Crippen LogP contribution in [0.15, 0.2) is 96.0 Å². The molecular weight excluding hydrogens is 460 g/mol. The summed E-state index contributed by atoms with van der Waals surface area (Å²) in [7, 11) is 0. The number of carbonyl (C=O) groups excluding carboxylic acids is 3. The van der Waals surface area contributed by atoms with Crippen LogP contribution in [-0.2, 0) is 11.3 Å². The van der Waals surface area contributed by atoms with Gasteiger partial charge in [0.25, 0.3) is 11.1 Å². The van der Waals surface area contributed by atoms with E-state index >= 15 is 0 Å². The molecule has 2 amide bonds. The number of hydrogen-bond acceptors (Lipinski definition) is 5. The fourth-order valence-corrected chi connectivity index (χ4v) is 4.82. The molecule has 1 aliphatic rings. The summed E-state index contributed by atoms with van der Waals surface area (Å²) in [6, 6.07) is 26.2. The van der Waals surface area contributed by atoms with Crippen LogP contribution in [0.4, 0.5) is 4.79 Å². The van der Waals surface area contributed by atoms with E-state index in [-0.39, 0.29) is 12.3 Å². The van der Waals surface area contributed by atoms with Gasteiger partial charge in [-0.05, 0) is 36.0 Å². The van der Waals surface area contributed by atoms with Gasteiger partial charge in [-0.2, -0.15) is 0 Å². The Hall–Kier alpha value is -4.10. The van der Waals surface area contributed by atoms with E-state index in [2.05, 4.69) is 4.57 Å². The Labute approximate surface area is 206 Å². The quantitative estimate of drug-likeness (QED) is 0.240. The van der Waals surface area contributed by atoms with Gasteiger partial charge in [0, 0.05) is 28.2 Å². The number of thioether (sulfide) groups is 1. The first-order chi connectivity index (χ1) is 17.1. The molecule has 1 fully saturated rings. The number of aromatic nitrogens is 1. The molecule has 0 aliphatic carbocycles. The Bertz CT molecular complexity index is 1430. The van der Waals surface area contributed by atoms with Gasteiger partial charge in [0.1, 0.15) is 12.4 Å². The molecule has 1 aliphatic heterocycles. The van der Waals surface area contributed by atoms with E-state index in [1.165, 1.54) is 0 Å². The average molecular weight is 483 g/mol. The standard InChI is InChI=1S/C28H22N2O4S/c31-25(20-9-3-1-4-10-20)19-30-27(32)26(35-28(30)33)17-21-18-29(24-14-8-7-13-23(21)24)15-16-34-22-11-5-2-6-12-22/h1-14,17-18H,15-16,19H2/b26-17-. The molecule has 0 N–H and O–H groups in total. The molecule has 174 valence electrons. The predicted molar refractivity (Wildman–Crippen MR) is 137 cm³/mol. The Kier molecular flexibility index (Phi) is 6.50. The molecule has 35 heavy (non-hydrogen) atoms. The Morgan fingerprint density at radius 1 is 0.886 bits per heavy atom. The zero-order valence-electron chi connectivity index (χ0n) is 18.8. The highest BCUT2D eigenvalue weighted by molar-refractivity contribution is 8.18. The van der Waals surface area contributed by atoms with Crippen molar-refractivity contribution in [1.82, 2.24) is 9.47 Å². The van der Waals surface area contributed by atoms with Crippen molar-refractivity contribution in [3.05, 3.63) is 107 Å². The summed E-state index contributed by atoms with van der Waals surface area (Å²) in [5.41, 5.74) is 2.31. The summed E-state index contributed by atoms with van der Waals surface area (Å²) in [5.74, 6) is 0.0839. The summed E-state index contributed by atoms with van der Waals surface area (Å²) in [5, 5.41) is 0.532. The monoisotopic (exact) mass is 482 g/mol. The Morgan fingerprint density at radius 2 is 1.57 bits per heavy atom. The van der Waals surface area contributed by atoms with Crippen molar-refractivity contribution in [2.24, 2.45) is 0 Å². The van der Waals surface area contributed by atoms with Crippen LogP contribution in [-0.4, -0.2) is 39.5 Å². The number of benzene rings is 3. The van der Waals surface area contributed by atoms with Crippen molar-refractivity contribution >= 4 is 45.7 Å². The van der Waals surface area contributed by atoms with Crippen LogP contribution in [0.25, 0.3) is 17.0 Å². The maximum absolute atomic E-state index is 13.0. The molecule has 2 heterocycles. The van der Waals surface area contributed by atoms with Crippen molar-refractivity contribution in [3.63, 3.8) is 0 Å². The first kappa shape index (κ1) is 22.7. The zero-order chi connectivity index (χ0) is 24.2. The van der Waals surface area contributed by atoms with Crippen LogP contribution < -0.4 is 4.74 Å². The highest BCUT2D eigenvalue weighted by atomic mass is 32.2. The van der Waals surface area contributed by atoms with E-state index in [4.69, 9.17) is 4.74 Å². The third kappa shape index (κ3) is 4.90. The highest BCUT2D eigenvalue weighted by Crippen LogP contribution is 2.34. The smallest absolute Gasteiger partial charge is 0.293 e. The number of nitrogens with zero attached hydrogens (tertiary/aromatic N) is 2. The van der Waals surface area contributed by atoms with Crippen molar-refractivity contribution in [3.8, 4) is 5.75 Å². The molecule has 0 atom stereocenters. The first-order valence-electron chi connectivity index (χ1n) is 11.2. The molecule has 0 saturated carbocycles. The van der Waals surface area contributed by atoms with Crippen LogP contribution in [0.5, 0.6) is 5.75 Å². The summed E-state index contributed by atoms with van der Waals surface area (Å²) < 4.78 is 7.92.